The first-order valence-corrected chi connectivity index (χ1v) is 8.32. The third-order valence-corrected chi connectivity index (χ3v) is 4.07. The van der Waals surface area contributed by atoms with Gasteiger partial charge in [0.25, 0.3) is 0 Å². The monoisotopic (exact) mass is 324 g/mol. The minimum atomic E-state index is -0.352. The first kappa shape index (κ1) is 18.0. The predicted molar refractivity (Wildman–Crippen MR) is 97.1 cm³/mol. The standard InChI is InChI=1S/C21H26NO2/c1-3-21(23)24-16-10-15-22(2,17-19-11-6-4-7-12-19)18-20-13-8-5-9-14-20/h3-9,11-14H,1,10,15-18H2,2H3/q+1. The highest BCUT2D eigenvalue weighted by atomic mass is 16.5. The van der Waals surface area contributed by atoms with Crippen LogP contribution in [0, 0.1) is 0 Å². The quantitative estimate of drug-likeness (QED) is 0.302. The first-order chi connectivity index (χ1) is 11.6. The Balaban J connectivity index is 2.02. The van der Waals surface area contributed by atoms with Crippen molar-refractivity contribution in [3.8, 4) is 0 Å². The molecule has 0 heterocycles. The fourth-order valence-corrected chi connectivity index (χ4v) is 2.94. The van der Waals surface area contributed by atoms with Gasteiger partial charge in [0.2, 0.25) is 0 Å². The largest absolute Gasteiger partial charge is 0.462 e. The van der Waals surface area contributed by atoms with Gasteiger partial charge < -0.3 is 9.22 Å². The Bertz CT molecular complexity index is 596. The van der Waals surface area contributed by atoms with Crippen LogP contribution >= 0.6 is 0 Å². The Morgan fingerprint density at radius 2 is 1.50 bits per heavy atom. The summed E-state index contributed by atoms with van der Waals surface area (Å²) in [5.74, 6) is -0.352. The summed E-state index contributed by atoms with van der Waals surface area (Å²) in [5, 5.41) is 0. The molecule has 0 saturated carbocycles. The predicted octanol–water partition coefficient (Wildman–Crippen LogP) is 3.95. The molecule has 0 atom stereocenters. The van der Waals surface area contributed by atoms with Crippen LogP contribution in [0.2, 0.25) is 0 Å². The summed E-state index contributed by atoms with van der Waals surface area (Å²) >= 11 is 0. The lowest BCUT2D eigenvalue weighted by Gasteiger charge is -2.35. The molecule has 0 aliphatic rings. The molecule has 0 aliphatic carbocycles. The molecule has 24 heavy (non-hydrogen) atoms. The Hall–Kier alpha value is -2.39. The van der Waals surface area contributed by atoms with Crippen molar-refractivity contribution in [2.45, 2.75) is 19.5 Å². The second-order valence-corrected chi connectivity index (χ2v) is 6.36. The number of ether oxygens (including phenoxy) is 1. The molecular formula is C21H26NO2+. The fourth-order valence-electron chi connectivity index (χ4n) is 2.94. The molecule has 2 aromatic carbocycles. The lowest BCUT2D eigenvalue weighted by molar-refractivity contribution is -0.935. The van der Waals surface area contributed by atoms with E-state index in [1.54, 1.807) is 0 Å². The van der Waals surface area contributed by atoms with Gasteiger partial charge in [0, 0.05) is 23.6 Å². The number of esters is 1. The number of benzene rings is 2. The van der Waals surface area contributed by atoms with Crippen molar-refractivity contribution in [1.82, 2.24) is 0 Å². The van der Waals surface area contributed by atoms with Gasteiger partial charge in [-0.15, -0.1) is 0 Å². The summed E-state index contributed by atoms with van der Waals surface area (Å²) in [5.41, 5.74) is 2.64. The molecular weight excluding hydrogens is 298 g/mol. The average molecular weight is 324 g/mol. The van der Waals surface area contributed by atoms with Crippen LogP contribution in [0.15, 0.2) is 73.3 Å². The normalized spacial score (nSPS) is 11.0. The maximum atomic E-state index is 11.2. The molecule has 3 nitrogen and oxygen atoms in total. The van der Waals surface area contributed by atoms with Gasteiger partial charge in [0.1, 0.15) is 13.1 Å². The number of quaternary nitrogens is 1. The summed E-state index contributed by atoms with van der Waals surface area (Å²) in [6.45, 7) is 6.69. The van der Waals surface area contributed by atoms with Crippen LogP contribution in [0.3, 0.4) is 0 Å². The second kappa shape index (κ2) is 9.04. The van der Waals surface area contributed by atoms with Crippen molar-refractivity contribution in [2.24, 2.45) is 0 Å². The lowest BCUT2D eigenvalue weighted by atomic mass is 10.1. The van der Waals surface area contributed by atoms with E-state index < -0.39 is 0 Å². The van der Waals surface area contributed by atoms with Crippen LogP contribution < -0.4 is 0 Å². The average Bonchev–Trinajstić information content (AvgIpc) is 2.60. The van der Waals surface area contributed by atoms with E-state index in [0.717, 1.165) is 30.5 Å². The van der Waals surface area contributed by atoms with Gasteiger partial charge in [-0.2, -0.15) is 0 Å². The molecule has 0 N–H and O–H groups in total. The van der Waals surface area contributed by atoms with Gasteiger partial charge in [0.05, 0.1) is 20.2 Å². The Morgan fingerprint density at radius 1 is 1.00 bits per heavy atom. The van der Waals surface area contributed by atoms with Crippen LogP contribution in [0.25, 0.3) is 0 Å². The molecule has 0 amide bonds. The van der Waals surface area contributed by atoms with Crippen LogP contribution in [-0.2, 0) is 22.6 Å². The van der Waals surface area contributed by atoms with Crippen LogP contribution in [0.1, 0.15) is 17.5 Å². The van der Waals surface area contributed by atoms with E-state index in [1.165, 1.54) is 17.2 Å². The molecule has 0 spiro atoms. The van der Waals surface area contributed by atoms with Crippen molar-refractivity contribution in [2.75, 3.05) is 20.2 Å². The topological polar surface area (TPSA) is 26.3 Å². The number of rotatable bonds is 9. The van der Waals surface area contributed by atoms with Crippen molar-refractivity contribution in [3.63, 3.8) is 0 Å². The molecule has 3 heteroatoms. The van der Waals surface area contributed by atoms with E-state index in [1.807, 2.05) is 12.1 Å². The van der Waals surface area contributed by atoms with E-state index in [4.69, 9.17) is 4.74 Å². The van der Waals surface area contributed by atoms with E-state index in [0.29, 0.717) is 6.61 Å². The lowest BCUT2D eigenvalue weighted by Crippen LogP contribution is -2.43. The fraction of sp³-hybridized carbons (Fsp3) is 0.286. The van der Waals surface area contributed by atoms with Gasteiger partial charge in [0.15, 0.2) is 0 Å². The zero-order chi connectivity index (χ0) is 17.3. The zero-order valence-corrected chi connectivity index (χ0v) is 14.4. The first-order valence-electron chi connectivity index (χ1n) is 8.32. The minimum absolute atomic E-state index is 0.352. The number of nitrogens with zero attached hydrogens (tertiary/aromatic N) is 1. The molecule has 0 radical (unpaired) electrons. The highest BCUT2D eigenvalue weighted by Gasteiger charge is 2.22. The maximum Gasteiger partial charge on any atom is 0.330 e. The molecule has 0 bridgehead atoms. The molecule has 0 saturated heterocycles. The third kappa shape index (κ3) is 6.01. The highest BCUT2D eigenvalue weighted by Crippen LogP contribution is 2.18. The second-order valence-electron chi connectivity index (χ2n) is 6.36. The van der Waals surface area contributed by atoms with Crippen LogP contribution in [-0.4, -0.2) is 30.7 Å². The van der Waals surface area contributed by atoms with Crippen molar-refractivity contribution >= 4 is 5.97 Å². The van der Waals surface area contributed by atoms with Crippen molar-refractivity contribution in [3.05, 3.63) is 84.4 Å². The van der Waals surface area contributed by atoms with E-state index in [9.17, 15) is 4.79 Å². The summed E-state index contributed by atoms with van der Waals surface area (Å²) in [4.78, 5) is 11.2. The summed E-state index contributed by atoms with van der Waals surface area (Å²) in [6, 6.07) is 21.1. The molecule has 0 unspecified atom stereocenters. The summed E-state index contributed by atoms with van der Waals surface area (Å²) in [7, 11) is 2.26. The van der Waals surface area contributed by atoms with Crippen LogP contribution in [0.5, 0.6) is 0 Å². The number of hydrogen-bond acceptors (Lipinski definition) is 2. The number of hydrogen-bond donors (Lipinski definition) is 0. The third-order valence-electron chi connectivity index (χ3n) is 4.07. The number of carbonyl (C=O) groups excluding carboxylic acids is 1. The smallest absolute Gasteiger partial charge is 0.330 e. The SMILES string of the molecule is C=CC(=O)OCCC[N+](C)(Cc1ccccc1)Cc1ccccc1. The van der Waals surface area contributed by atoms with E-state index >= 15 is 0 Å². The molecule has 0 fully saturated rings. The van der Waals surface area contributed by atoms with E-state index in [-0.39, 0.29) is 5.97 Å². The number of carbonyl (C=O) groups is 1. The Labute approximate surface area is 144 Å². The highest BCUT2D eigenvalue weighted by molar-refractivity contribution is 5.81. The van der Waals surface area contributed by atoms with Crippen LogP contribution in [0.4, 0.5) is 0 Å². The van der Waals surface area contributed by atoms with Gasteiger partial charge in [-0.05, 0) is 0 Å². The summed E-state index contributed by atoms with van der Waals surface area (Å²) in [6.07, 6.45) is 2.04. The van der Waals surface area contributed by atoms with Gasteiger partial charge in [-0.25, -0.2) is 4.79 Å². The maximum absolute atomic E-state index is 11.2. The summed E-state index contributed by atoms with van der Waals surface area (Å²) < 4.78 is 5.99. The van der Waals surface area contributed by atoms with Gasteiger partial charge in [-0.3, -0.25) is 0 Å². The van der Waals surface area contributed by atoms with Gasteiger partial charge in [-0.1, -0.05) is 67.2 Å². The molecule has 0 aromatic heterocycles. The van der Waals surface area contributed by atoms with Gasteiger partial charge >= 0.3 is 5.97 Å². The Kier molecular flexibility index (Phi) is 6.76. The molecule has 0 aliphatic heterocycles. The minimum Gasteiger partial charge on any atom is -0.462 e. The zero-order valence-electron chi connectivity index (χ0n) is 14.4. The van der Waals surface area contributed by atoms with E-state index in [2.05, 4.69) is 62.2 Å². The van der Waals surface area contributed by atoms with Crippen molar-refractivity contribution < 1.29 is 14.0 Å². The molecule has 2 rings (SSSR count). The molecule has 126 valence electrons. The Morgan fingerprint density at radius 3 is 1.96 bits per heavy atom. The van der Waals surface area contributed by atoms with Crippen molar-refractivity contribution in [1.29, 1.82) is 0 Å². The molecule has 2 aromatic rings.